The van der Waals surface area contributed by atoms with E-state index in [0.717, 1.165) is 5.69 Å². The lowest BCUT2D eigenvalue weighted by molar-refractivity contribution is -0.137. The quantitative estimate of drug-likeness (QED) is 0.894. The SMILES string of the molecule is CC(CC(=O)O)c1cn2cccc(Cl)c2n1. The van der Waals surface area contributed by atoms with Crippen molar-refractivity contribution in [2.24, 2.45) is 0 Å². The molecular formula is C11H11ClN2O2. The van der Waals surface area contributed by atoms with Crippen LogP contribution in [-0.2, 0) is 4.79 Å². The van der Waals surface area contributed by atoms with Gasteiger partial charge in [0.25, 0.3) is 0 Å². The fourth-order valence-corrected chi connectivity index (χ4v) is 1.81. The zero-order valence-electron chi connectivity index (χ0n) is 8.72. The number of aliphatic carboxylic acids is 1. The van der Waals surface area contributed by atoms with E-state index in [9.17, 15) is 4.79 Å². The second kappa shape index (κ2) is 4.14. The lowest BCUT2D eigenvalue weighted by Crippen LogP contribution is -2.02. The lowest BCUT2D eigenvalue weighted by Gasteiger charge is -2.02. The molecule has 1 unspecified atom stereocenters. The molecule has 4 nitrogen and oxygen atoms in total. The second-order valence-electron chi connectivity index (χ2n) is 3.75. The molecule has 0 saturated heterocycles. The fraction of sp³-hybridized carbons (Fsp3) is 0.273. The Labute approximate surface area is 97.5 Å². The van der Waals surface area contributed by atoms with Crippen LogP contribution in [0.15, 0.2) is 24.5 Å². The average Bonchev–Trinajstić information content (AvgIpc) is 2.61. The molecule has 1 atom stereocenters. The molecule has 0 bridgehead atoms. The van der Waals surface area contributed by atoms with Crippen molar-refractivity contribution in [1.82, 2.24) is 9.38 Å². The molecule has 0 aliphatic rings. The summed E-state index contributed by atoms with van der Waals surface area (Å²) >= 11 is 5.98. The molecule has 0 aliphatic heterocycles. The van der Waals surface area contributed by atoms with Crippen molar-refractivity contribution < 1.29 is 9.90 Å². The van der Waals surface area contributed by atoms with Crippen molar-refractivity contribution in [3.8, 4) is 0 Å². The number of aromatic nitrogens is 2. The van der Waals surface area contributed by atoms with Gasteiger partial charge >= 0.3 is 5.97 Å². The highest BCUT2D eigenvalue weighted by Gasteiger charge is 2.14. The Morgan fingerprint density at radius 1 is 1.69 bits per heavy atom. The van der Waals surface area contributed by atoms with E-state index < -0.39 is 5.97 Å². The van der Waals surface area contributed by atoms with E-state index in [0.29, 0.717) is 10.7 Å². The predicted molar refractivity (Wildman–Crippen MR) is 60.9 cm³/mol. The Morgan fingerprint density at radius 2 is 2.44 bits per heavy atom. The van der Waals surface area contributed by atoms with Crippen LogP contribution in [0.1, 0.15) is 25.0 Å². The number of hydrogen-bond donors (Lipinski definition) is 1. The van der Waals surface area contributed by atoms with Crippen molar-refractivity contribution in [2.45, 2.75) is 19.3 Å². The molecule has 2 aromatic rings. The summed E-state index contributed by atoms with van der Waals surface area (Å²) in [6.45, 7) is 1.84. The van der Waals surface area contributed by atoms with Crippen LogP contribution in [-0.4, -0.2) is 20.5 Å². The van der Waals surface area contributed by atoms with E-state index in [1.807, 2.05) is 25.4 Å². The van der Waals surface area contributed by atoms with Crippen LogP contribution in [0.5, 0.6) is 0 Å². The number of fused-ring (bicyclic) bond motifs is 1. The summed E-state index contributed by atoms with van der Waals surface area (Å²) in [7, 11) is 0. The van der Waals surface area contributed by atoms with Gasteiger partial charge in [0.1, 0.15) is 0 Å². The summed E-state index contributed by atoms with van der Waals surface area (Å²) in [6, 6.07) is 3.58. The molecule has 84 valence electrons. The average molecular weight is 239 g/mol. The summed E-state index contributed by atoms with van der Waals surface area (Å²) in [4.78, 5) is 14.9. The zero-order chi connectivity index (χ0) is 11.7. The molecule has 0 spiro atoms. The number of halogens is 1. The van der Waals surface area contributed by atoms with Gasteiger partial charge in [-0.2, -0.15) is 0 Å². The normalized spacial score (nSPS) is 12.9. The van der Waals surface area contributed by atoms with E-state index in [4.69, 9.17) is 16.7 Å². The van der Waals surface area contributed by atoms with Crippen molar-refractivity contribution in [3.05, 3.63) is 35.2 Å². The number of nitrogens with zero attached hydrogens (tertiary/aromatic N) is 2. The molecule has 2 aromatic heterocycles. The van der Waals surface area contributed by atoms with Crippen molar-refractivity contribution in [2.75, 3.05) is 0 Å². The van der Waals surface area contributed by atoms with Crippen LogP contribution in [0.4, 0.5) is 0 Å². The topological polar surface area (TPSA) is 54.6 Å². The summed E-state index contributed by atoms with van der Waals surface area (Å²) in [5, 5.41) is 9.28. The van der Waals surface area contributed by atoms with Gasteiger partial charge in [-0.3, -0.25) is 4.79 Å². The molecule has 0 aromatic carbocycles. The van der Waals surface area contributed by atoms with Gasteiger partial charge in [-0.1, -0.05) is 18.5 Å². The molecule has 5 heteroatoms. The van der Waals surface area contributed by atoms with Crippen LogP contribution < -0.4 is 0 Å². The molecule has 16 heavy (non-hydrogen) atoms. The number of hydrogen-bond acceptors (Lipinski definition) is 2. The molecule has 2 rings (SSSR count). The van der Waals surface area contributed by atoms with Gasteiger partial charge in [0.2, 0.25) is 0 Å². The zero-order valence-corrected chi connectivity index (χ0v) is 9.48. The number of pyridine rings is 1. The molecule has 0 aliphatic carbocycles. The first kappa shape index (κ1) is 11.0. The maximum atomic E-state index is 10.6. The van der Waals surface area contributed by atoms with Crippen LogP contribution in [0.2, 0.25) is 5.02 Å². The first-order chi connectivity index (χ1) is 7.58. The smallest absolute Gasteiger partial charge is 0.304 e. The van der Waals surface area contributed by atoms with Gasteiger partial charge in [-0.15, -0.1) is 0 Å². The Kier molecular flexibility index (Phi) is 2.83. The minimum atomic E-state index is -0.823. The number of carboxylic acid groups (broad SMARTS) is 1. The minimum absolute atomic E-state index is 0.0709. The first-order valence-corrected chi connectivity index (χ1v) is 5.30. The van der Waals surface area contributed by atoms with E-state index in [1.165, 1.54) is 0 Å². The van der Waals surface area contributed by atoms with E-state index >= 15 is 0 Å². The minimum Gasteiger partial charge on any atom is -0.481 e. The van der Waals surface area contributed by atoms with Crippen molar-refractivity contribution >= 4 is 23.2 Å². The monoisotopic (exact) mass is 238 g/mol. The molecule has 2 heterocycles. The highest BCUT2D eigenvalue weighted by Crippen LogP contribution is 2.22. The Bertz CT molecular complexity index is 536. The van der Waals surface area contributed by atoms with Gasteiger partial charge in [-0.25, -0.2) is 4.98 Å². The molecule has 0 saturated carbocycles. The Balaban J connectivity index is 2.39. The largest absolute Gasteiger partial charge is 0.481 e. The standard InChI is InChI=1S/C11H11ClN2O2/c1-7(5-10(15)16)9-6-14-4-2-3-8(12)11(14)13-9/h2-4,6-7H,5H2,1H3,(H,15,16). The number of rotatable bonds is 3. The summed E-state index contributed by atoms with van der Waals surface area (Å²) in [5.74, 6) is -0.941. The maximum absolute atomic E-state index is 10.6. The van der Waals surface area contributed by atoms with Gasteiger partial charge in [0.05, 0.1) is 17.1 Å². The molecule has 1 N–H and O–H groups in total. The summed E-state index contributed by atoms with van der Waals surface area (Å²) < 4.78 is 1.80. The lowest BCUT2D eigenvalue weighted by atomic mass is 10.1. The Morgan fingerprint density at radius 3 is 3.06 bits per heavy atom. The van der Waals surface area contributed by atoms with Crippen LogP contribution in [0, 0.1) is 0 Å². The van der Waals surface area contributed by atoms with Crippen LogP contribution >= 0.6 is 11.6 Å². The number of imidazole rings is 1. The van der Waals surface area contributed by atoms with Gasteiger partial charge < -0.3 is 9.51 Å². The second-order valence-corrected chi connectivity index (χ2v) is 4.16. The fourth-order valence-electron chi connectivity index (χ4n) is 1.60. The predicted octanol–water partition coefficient (Wildman–Crippen LogP) is 2.57. The molecule has 0 radical (unpaired) electrons. The van der Waals surface area contributed by atoms with Crippen molar-refractivity contribution in [1.29, 1.82) is 0 Å². The van der Waals surface area contributed by atoms with E-state index in [-0.39, 0.29) is 12.3 Å². The Hall–Kier alpha value is -1.55. The number of carbonyl (C=O) groups is 1. The highest BCUT2D eigenvalue weighted by molar-refractivity contribution is 6.33. The molecule has 0 fully saturated rings. The van der Waals surface area contributed by atoms with Crippen LogP contribution in [0.25, 0.3) is 5.65 Å². The van der Waals surface area contributed by atoms with E-state index in [2.05, 4.69) is 4.98 Å². The molecular weight excluding hydrogens is 228 g/mol. The highest BCUT2D eigenvalue weighted by atomic mass is 35.5. The summed E-state index contributed by atoms with van der Waals surface area (Å²) in [6.07, 6.45) is 3.72. The summed E-state index contributed by atoms with van der Waals surface area (Å²) in [5.41, 5.74) is 1.41. The van der Waals surface area contributed by atoms with Crippen molar-refractivity contribution in [3.63, 3.8) is 0 Å². The van der Waals surface area contributed by atoms with E-state index in [1.54, 1.807) is 10.5 Å². The molecule has 0 amide bonds. The number of carboxylic acids is 1. The van der Waals surface area contributed by atoms with Gasteiger partial charge in [0, 0.05) is 18.3 Å². The third-order valence-electron chi connectivity index (χ3n) is 2.44. The third kappa shape index (κ3) is 2.02. The first-order valence-electron chi connectivity index (χ1n) is 4.93. The van der Waals surface area contributed by atoms with Gasteiger partial charge in [0.15, 0.2) is 5.65 Å². The maximum Gasteiger partial charge on any atom is 0.304 e. The van der Waals surface area contributed by atoms with Gasteiger partial charge in [-0.05, 0) is 12.1 Å². The third-order valence-corrected chi connectivity index (χ3v) is 2.73. The van der Waals surface area contributed by atoms with Crippen LogP contribution in [0.3, 0.4) is 0 Å².